The Kier molecular flexibility index (Phi) is 5.21. The molecule has 0 bridgehead atoms. The normalized spacial score (nSPS) is 10.9. The Bertz CT molecular complexity index is 951. The number of hydrogen-bond donors (Lipinski definition) is 0. The van der Waals surface area contributed by atoms with E-state index in [-0.39, 0.29) is 5.56 Å². The lowest BCUT2D eigenvalue weighted by Gasteiger charge is -2.13. The number of benzene rings is 2. The lowest BCUT2D eigenvalue weighted by atomic mass is 10.2. The van der Waals surface area contributed by atoms with Crippen LogP contribution in [0.1, 0.15) is 12.5 Å². The van der Waals surface area contributed by atoms with Crippen LogP contribution in [0.15, 0.2) is 75.1 Å². The molecule has 0 aliphatic rings. The molecule has 122 valence electrons. The second kappa shape index (κ2) is 7.36. The number of allylic oxidation sites excluding steroid dienone is 1. The van der Waals surface area contributed by atoms with Crippen molar-refractivity contribution in [2.45, 2.75) is 24.4 Å². The third-order valence-electron chi connectivity index (χ3n) is 3.52. The van der Waals surface area contributed by atoms with Gasteiger partial charge in [-0.15, -0.1) is 0 Å². The van der Waals surface area contributed by atoms with Crippen LogP contribution in [-0.2, 0) is 12.3 Å². The maximum absolute atomic E-state index is 12.9. The summed E-state index contributed by atoms with van der Waals surface area (Å²) in [5.74, 6) is 0.769. The maximum Gasteiger partial charge on any atom is 0.262 e. The van der Waals surface area contributed by atoms with Gasteiger partial charge in [0, 0.05) is 16.8 Å². The van der Waals surface area contributed by atoms with Gasteiger partial charge in [0.2, 0.25) is 0 Å². The summed E-state index contributed by atoms with van der Waals surface area (Å²) < 4.78 is 2.59. The van der Waals surface area contributed by atoms with Crippen molar-refractivity contribution in [3.8, 4) is 0 Å². The molecule has 2 aromatic carbocycles. The fourth-order valence-electron chi connectivity index (χ4n) is 2.41. The predicted octanol–water partition coefficient (Wildman–Crippen LogP) is 5.03. The van der Waals surface area contributed by atoms with Gasteiger partial charge < -0.3 is 0 Å². The van der Waals surface area contributed by atoms with Crippen molar-refractivity contribution in [2.75, 3.05) is 0 Å². The molecule has 0 radical (unpaired) electrons. The summed E-state index contributed by atoms with van der Waals surface area (Å²) in [6, 6.07) is 15.8. The molecule has 3 aromatic rings. The average Bonchev–Trinajstić information content (AvgIpc) is 2.57. The number of halogens is 1. The molecule has 3 nitrogen and oxygen atoms in total. The molecular formula is C19H17BrN2OS. The van der Waals surface area contributed by atoms with E-state index in [0.717, 1.165) is 26.5 Å². The average molecular weight is 401 g/mol. The maximum atomic E-state index is 12.9. The van der Waals surface area contributed by atoms with Gasteiger partial charge in [-0.1, -0.05) is 70.2 Å². The van der Waals surface area contributed by atoms with E-state index in [1.54, 1.807) is 16.3 Å². The fraction of sp³-hybridized carbons (Fsp3) is 0.158. The fourth-order valence-corrected chi connectivity index (χ4v) is 3.73. The highest BCUT2D eigenvalue weighted by Crippen LogP contribution is 2.24. The van der Waals surface area contributed by atoms with Gasteiger partial charge >= 0.3 is 0 Å². The molecule has 3 rings (SSSR count). The van der Waals surface area contributed by atoms with Crippen LogP contribution in [0.2, 0.25) is 0 Å². The van der Waals surface area contributed by atoms with Gasteiger partial charge in [0.15, 0.2) is 5.16 Å². The van der Waals surface area contributed by atoms with Gasteiger partial charge in [-0.05, 0) is 30.7 Å². The number of hydrogen-bond acceptors (Lipinski definition) is 3. The van der Waals surface area contributed by atoms with Crippen LogP contribution < -0.4 is 5.56 Å². The molecule has 0 N–H and O–H groups in total. The minimum Gasteiger partial charge on any atom is -0.283 e. The van der Waals surface area contributed by atoms with Crippen LogP contribution in [0.25, 0.3) is 10.9 Å². The molecule has 0 atom stereocenters. The third kappa shape index (κ3) is 3.79. The van der Waals surface area contributed by atoms with E-state index >= 15 is 0 Å². The Balaban J connectivity index is 2.05. The highest BCUT2D eigenvalue weighted by atomic mass is 79.9. The summed E-state index contributed by atoms with van der Waals surface area (Å²) >= 11 is 5.00. The molecule has 0 unspecified atom stereocenters. The highest BCUT2D eigenvalue weighted by Gasteiger charge is 2.12. The number of thioether (sulfide) groups is 1. The van der Waals surface area contributed by atoms with Crippen LogP contribution in [0, 0.1) is 0 Å². The van der Waals surface area contributed by atoms with Crippen LogP contribution in [0.4, 0.5) is 0 Å². The number of fused-ring (bicyclic) bond motifs is 1. The Labute approximate surface area is 153 Å². The summed E-state index contributed by atoms with van der Waals surface area (Å²) in [7, 11) is 0. The smallest absolute Gasteiger partial charge is 0.262 e. The molecule has 0 fully saturated rings. The molecule has 0 amide bonds. The minimum atomic E-state index is -0.0279. The number of aromatic nitrogens is 2. The first-order valence-corrected chi connectivity index (χ1v) is 9.33. The summed E-state index contributed by atoms with van der Waals surface area (Å²) in [4.78, 5) is 17.6. The molecular weight excluding hydrogens is 384 g/mol. The van der Waals surface area contributed by atoms with Gasteiger partial charge in [0.05, 0.1) is 10.9 Å². The number of rotatable bonds is 5. The van der Waals surface area contributed by atoms with Crippen molar-refractivity contribution in [1.82, 2.24) is 9.55 Å². The summed E-state index contributed by atoms with van der Waals surface area (Å²) in [5.41, 5.74) is 2.82. The first kappa shape index (κ1) is 17.0. The zero-order chi connectivity index (χ0) is 17.1. The molecule has 0 aliphatic heterocycles. The second-order valence-corrected chi connectivity index (χ2v) is 7.54. The van der Waals surface area contributed by atoms with Gasteiger partial charge in [0.25, 0.3) is 5.56 Å². The summed E-state index contributed by atoms with van der Waals surface area (Å²) in [6.45, 7) is 6.34. The Morgan fingerprint density at radius 1 is 1.25 bits per heavy atom. The summed E-state index contributed by atoms with van der Waals surface area (Å²) in [6.07, 6.45) is 0. The minimum absolute atomic E-state index is 0.0279. The Morgan fingerprint density at radius 3 is 2.71 bits per heavy atom. The van der Waals surface area contributed by atoms with E-state index in [9.17, 15) is 4.79 Å². The molecule has 0 saturated heterocycles. The third-order valence-corrected chi connectivity index (χ3v) is 5.06. The van der Waals surface area contributed by atoms with E-state index in [1.807, 2.05) is 43.3 Å². The first-order valence-electron chi connectivity index (χ1n) is 7.56. The van der Waals surface area contributed by atoms with E-state index in [2.05, 4.69) is 34.6 Å². The zero-order valence-electron chi connectivity index (χ0n) is 13.3. The van der Waals surface area contributed by atoms with Crippen molar-refractivity contribution in [3.05, 3.63) is 81.1 Å². The molecule has 0 saturated carbocycles. The molecule has 0 aliphatic carbocycles. The largest absolute Gasteiger partial charge is 0.283 e. The molecule has 5 heteroatoms. The first-order chi connectivity index (χ1) is 11.5. The molecule has 0 spiro atoms. The van der Waals surface area contributed by atoms with E-state index < -0.39 is 0 Å². The van der Waals surface area contributed by atoms with Crippen LogP contribution in [0.3, 0.4) is 0 Å². The second-order valence-electron chi connectivity index (χ2n) is 5.68. The van der Waals surface area contributed by atoms with Crippen molar-refractivity contribution in [3.63, 3.8) is 0 Å². The monoisotopic (exact) mass is 400 g/mol. The van der Waals surface area contributed by atoms with Crippen LogP contribution in [-0.4, -0.2) is 9.55 Å². The molecule has 24 heavy (non-hydrogen) atoms. The van der Waals surface area contributed by atoms with E-state index in [0.29, 0.717) is 11.9 Å². The van der Waals surface area contributed by atoms with Crippen LogP contribution >= 0.6 is 27.7 Å². The van der Waals surface area contributed by atoms with Gasteiger partial charge in [-0.25, -0.2) is 4.98 Å². The van der Waals surface area contributed by atoms with Crippen LogP contribution in [0.5, 0.6) is 0 Å². The lowest BCUT2D eigenvalue weighted by Crippen LogP contribution is -2.23. The molecule has 1 aromatic heterocycles. The van der Waals surface area contributed by atoms with E-state index in [1.165, 1.54) is 5.56 Å². The predicted molar refractivity (Wildman–Crippen MR) is 105 cm³/mol. The van der Waals surface area contributed by atoms with Gasteiger partial charge in [-0.3, -0.25) is 9.36 Å². The number of nitrogens with zero attached hydrogens (tertiary/aromatic N) is 2. The highest BCUT2D eigenvalue weighted by molar-refractivity contribution is 9.10. The lowest BCUT2D eigenvalue weighted by molar-refractivity contribution is 0.651. The Morgan fingerprint density at radius 2 is 2.00 bits per heavy atom. The quantitative estimate of drug-likeness (QED) is 0.342. The summed E-state index contributed by atoms with van der Waals surface area (Å²) in [5, 5.41) is 1.34. The topological polar surface area (TPSA) is 34.9 Å². The van der Waals surface area contributed by atoms with E-state index in [4.69, 9.17) is 4.98 Å². The molecule has 1 heterocycles. The van der Waals surface area contributed by atoms with Gasteiger partial charge in [-0.2, -0.15) is 0 Å². The Hall–Kier alpha value is -1.85. The van der Waals surface area contributed by atoms with Crippen molar-refractivity contribution in [1.29, 1.82) is 0 Å². The SMILES string of the molecule is C=C(C)Cn1c(SCc2ccccc2)nc2ccc(Br)cc2c1=O. The van der Waals surface area contributed by atoms with Crippen molar-refractivity contribution < 1.29 is 0 Å². The van der Waals surface area contributed by atoms with Gasteiger partial charge in [0.1, 0.15) is 0 Å². The van der Waals surface area contributed by atoms with Crippen molar-refractivity contribution in [2.24, 2.45) is 0 Å². The van der Waals surface area contributed by atoms with Crippen molar-refractivity contribution >= 4 is 38.6 Å². The standard InChI is InChI=1S/C19H17BrN2OS/c1-13(2)11-22-18(23)16-10-15(20)8-9-17(16)21-19(22)24-12-14-6-4-3-5-7-14/h3-10H,1,11-12H2,2H3. The zero-order valence-corrected chi connectivity index (χ0v) is 15.7.